The quantitative estimate of drug-likeness (QED) is 0.788. The predicted octanol–water partition coefficient (Wildman–Crippen LogP) is 2.57. The lowest BCUT2D eigenvalue weighted by atomic mass is 10.2. The molecule has 1 aliphatic heterocycles. The number of piperazine rings is 1. The molecule has 0 atom stereocenters. The van der Waals surface area contributed by atoms with Crippen molar-refractivity contribution in [1.82, 2.24) is 5.32 Å². The summed E-state index contributed by atoms with van der Waals surface area (Å²) in [4.78, 5) is 2.09. The first-order chi connectivity index (χ1) is 7.77. The molecule has 16 heavy (non-hydrogen) atoms. The highest BCUT2D eigenvalue weighted by Crippen LogP contribution is 2.20. The average molecular weight is 224 g/mol. The molecule has 1 saturated heterocycles. The van der Waals surface area contributed by atoms with Crippen LogP contribution < -0.4 is 10.2 Å². The molecular formula is C13H21FN2. The Morgan fingerprint density at radius 3 is 2.38 bits per heavy atom. The lowest BCUT2D eigenvalue weighted by molar-refractivity contribution is 0.566. The molecule has 0 unspecified atom stereocenters. The van der Waals surface area contributed by atoms with Gasteiger partial charge in [-0.05, 0) is 24.6 Å². The van der Waals surface area contributed by atoms with Gasteiger partial charge in [-0.15, -0.1) is 0 Å². The summed E-state index contributed by atoms with van der Waals surface area (Å²) in [6.07, 6.45) is 0. The third-order valence-electron chi connectivity index (χ3n) is 2.56. The van der Waals surface area contributed by atoms with Crippen molar-refractivity contribution in [1.29, 1.82) is 0 Å². The maximum atomic E-state index is 13.6. The first-order valence-corrected chi connectivity index (χ1v) is 5.99. The molecule has 0 aliphatic carbocycles. The van der Waals surface area contributed by atoms with Gasteiger partial charge in [-0.2, -0.15) is 0 Å². The van der Waals surface area contributed by atoms with E-state index in [2.05, 4.69) is 10.2 Å². The number of benzene rings is 1. The van der Waals surface area contributed by atoms with Gasteiger partial charge in [0.05, 0.1) is 5.69 Å². The number of rotatable bonds is 1. The molecule has 0 saturated carbocycles. The zero-order chi connectivity index (χ0) is 12.0. The lowest BCUT2D eigenvalue weighted by Gasteiger charge is -2.29. The molecule has 0 spiro atoms. The molecule has 3 heteroatoms. The monoisotopic (exact) mass is 224 g/mol. The molecule has 1 fully saturated rings. The van der Waals surface area contributed by atoms with E-state index in [9.17, 15) is 4.39 Å². The van der Waals surface area contributed by atoms with Gasteiger partial charge in [-0.1, -0.05) is 19.9 Å². The Bertz CT molecular complexity index is 320. The summed E-state index contributed by atoms with van der Waals surface area (Å²) < 4.78 is 13.6. The number of hydrogen-bond acceptors (Lipinski definition) is 2. The Balaban J connectivity index is 0.000000606. The first-order valence-electron chi connectivity index (χ1n) is 5.99. The van der Waals surface area contributed by atoms with Crippen LogP contribution in [0.5, 0.6) is 0 Å². The second kappa shape index (κ2) is 6.48. The van der Waals surface area contributed by atoms with Crippen LogP contribution in [0.3, 0.4) is 0 Å². The van der Waals surface area contributed by atoms with Crippen LogP contribution in [0.15, 0.2) is 18.2 Å². The highest BCUT2D eigenvalue weighted by molar-refractivity contribution is 5.49. The van der Waals surface area contributed by atoms with E-state index in [0.29, 0.717) is 0 Å². The summed E-state index contributed by atoms with van der Waals surface area (Å²) in [5, 5.41) is 3.25. The van der Waals surface area contributed by atoms with E-state index in [-0.39, 0.29) is 5.82 Å². The lowest BCUT2D eigenvalue weighted by Crippen LogP contribution is -2.43. The van der Waals surface area contributed by atoms with E-state index in [1.165, 1.54) is 0 Å². The fourth-order valence-electron chi connectivity index (χ4n) is 1.77. The minimum atomic E-state index is -0.105. The molecule has 0 amide bonds. The number of nitrogens with zero attached hydrogens (tertiary/aromatic N) is 1. The van der Waals surface area contributed by atoms with E-state index in [4.69, 9.17) is 0 Å². The van der Waals surface area contributed by atoms with Crippen molar-refractivity contribution in [3.8, 4) is 0 Å². The van der Waals surface area contributed by atoms with Crippen molar-refractivity contribution in [2.75, 3.05) is 31.1 Å². The number of nitrogens with one attached hydrogen (secondary N) is 1. The number of aryl methyl sites for hydroxylation is 1. The van der Waals surface area contributed by atoms with E-state index in [0.717, 1.165) is 37.4 Å². The zero-order valence-corrected chi connectivity index (χ0v) is 10.4. The molecule has 2 rings (SSSR count). The molecule has 0 aromatic heterocycles. The molecule has 0 radical (unpaired) electrons. The minimum absolute atomic E-state index is 0.105. The number of anilines is 1. The van der Waals surface area contributed by atoms with Gasteiger partial charge in [-0.25, -0.2) is 4.39 Å². The van der Waals surface area contributed by atoms with E-state index >= 15 is 0 Å². The third-order valence-corrected chi connectivity index (χ3v) is 2.56. The Morgan fingerprint density at radius 1 is 1.19 bits per heavy atom. The highest BCUT2D eigenvalue weighted by Gasteiger charge is 2.13. The largest absolute Gasteiger partial charge is 0.367 e. The van der Waals surface area contributed by atoms with Gasteiger partial charge < -0.3 is 10.2 Å². The number of halogens is 1. The van der Waals surface area contributed by atoms with Crippen molar-refractivity contribution in [2.24, 2.45) is 0 Å². The highest BCUT2D eigenvalue weighted by atomic mass is 19.1. The molecular weight excluding hydrogens is 203 g/mol. The van der Waals surface area contributed by atoms with Crippen LogP contribution in [-0.2, 0) is 0 Å². The van der Waals surface area contributed by atoms with Gasteiger partial charge in [0.15, 0.2) is 0 Å². The van der Waals surface area contributed by atoms with Crippen molar-refractivity contribution in [2.45, 2.75) is 20.8 Å². The molecule has 1 aromatic rings. The maximum absolute atomic E-state index is 13.6. The molecule has 1 N–H and O–H groups in total. The Kier molecular flexibility index (Phi) is 5.26. The van der Waals surface area contributed by atoms with Gasteiger partial charge >= 0.3 is 0 Å². The van der Waals surface area contributed by atoms with Crippen LogP contribution in [0, 0.1) is 12.7 Å². The van der Waals surface area contributed by atoms with Gasteiger partial charge in [0.1, 0.15) is 5.82 Å². The smallest absolute Gasteiger partial charge is 0.146 e. The van der Waals surface area contributed by atoms with Crippen molar-refractivity contribution in [3.05, 3.63) is 29.6 Å². The van der Waals surface area contributed by atoms with Gasteiger partial charge in [0, 0.05) is 26.2 Å². The summed E-state index contributed by atoms with van der Waals surface area (Å²) in [7, 11) is 0. The van der Waals surface area contributed by atoms with Crippen molar-refractivity contribution in [3.63, 3.8) is 0 Å². The molecule has 1 aromatic carbocycles. The van der Waals surface area contributed by atoms with E-state index in [1.807, 2.05) is 32.9 Å². The van der Waals surface area contributed by atoms with Gasteiger partial charge in [-0.3, -0.25) is 0 Å². The summed E-state index contributed by atoms with van der Waals surface area (Å²) in [6.45, 7) is 9.56. The van der Waals surface area contributed by atoms with Crippen LogP contribution in [-0.4, -0.2) is 26.2 Å². The van der Waals surface area contributed by atoms with E-state index < -0.39 is 0 Å². The standard InChI is InChI=1S/C11H15FN2.C2H6/c1-9-2-3-11(10(12)8-9)14-6-4-13-5-7-14;1-2/h2-3,8,13H,4-7H2,1H3;1-2H3. The molecule has 90 valence electrons. The van der Waals surface area contributed by atoms with E-state index in [1.54, 1.807) is 6.07 Å². The first kappa shape index (κ1) is 13.0. The van der Waals surface area contributed by atoms with Crippen LogP contribution in [0.1, 0.15) is 19.4 Å². The minimum Gasteiger partial charge on any atom is -0.367 e. The molecule has 0 bridgehead atoms. The fraction of sp³-hybridized carbons (Fsp3) is 0.538. The molecule has 2 nitrogen and oxygen atoms in total. The molecule has 1 heterocycles. The van der Waals surface area contributed by atoms with Crippen LogP contribution in [0.4, 0.5) is 10.1 Å². The maximum Gasteiger partial charge on any atom is 0.146 e. The Morgan fingerprint density at radius 2 is 1.81 bits per heavy atom. The second-order valence-corrected chi connectivity index (χ2v) is 3.69. The fourth-order valence-corrected chi connectivity index (χ4v) is 1.77. The summed E-state index contributed by atoms with van der Waals surface area (Å²) in [6, 6.07) is 5.42. The summed E-state index contributed by atoms with van der Waals surface area (Å²) in [5.74, 6) is -0.105. The van der Waals surface area contributed by atoms with Crippen molar-refractivity contribution < 1.29 is 4.39 Å². The SMILES string of the molecule is CC.Cc1ccc(N2CCNCC2)c(F)c1. The number of hydrogen-bond donors (Lipinski definition) is 1. The third kappa shape index (κ3) is 3.20. The zero-order valence-electron chi connectivity index (χ0n) is 10.4. The normalized spacial score (nSPS) is 15.4. The van der Waals surface area contributed by atoms with Gasteiger partial charge in [0.2, 0.25) is 0 Å². The topological polar surface area (TPSA) is 15.3 Å². The molecule has 1 aliphatic rings. The average Bonchev–Trinajstić information content (AvgIpc) is 2.33. The van der Waals surface area contributed by atoms with Gasteiger partial charge in [0.25, 0.3) is 0 Å². The van der Waals surface area contributed by atoms with Crippen LogP contribution in [0.25, 0.3) is 0 Å². The predicted molar refractivity (Wildman–Crippen MR) is 67.6 cm³/mol. The Hall–Kier alpha value is -1.09. The summed E-state index contributed by atoms with van der Waals surface area (Å²) >= 11 is 0. The van der Waals surface area contributed by atoms with Crippen LogP contribution >= 0.6 is 0 Å². The van der Waals surface area contributed by atoms with Crippen LogP contribution in [0.2, 0.25) is 0 Å². The Labute approximate surface area is 97.5 Å². The van der Waals surface area contributed by atoms with Crippen molar-refractivity contribution >= 4 is 5.69 Å². The summed E-state index contributed by atoms with van der Waals surface area (Å²) in [5.41, 5.74) is 1.71. The second-order valence-electron chi connectivity index (χ2n) is 3.69.